The van der Waals surface area contributed by atoms with Crippen LogP contribution in [0.3, 0.4) is 0 Å². The number of nitrogens with zero attached hydrogens (tertiary/aromatic N) is 4. The van der Waals surface area contributed by atoms with Gasteiger partial charge in [0, 0.05) is 23.4 Å². The van der Waals surface area contributed by atoms with Crippen LogP contribution in [0.1, 0.15) is 18.1 Å². The number of aromatic nitrogens is 2. The number of hydrogen-bond donors (Lipinski definition) is 1. The first-order valence-corrected chi connectivity index (χ1v) is 11.4. The molecule has 1 spiro atoms. The smallest absolute Gasteiger partial charge is 0.247 e. The highest BCUT2D eigenvalue weighted by Gasteiger charge is 2.61. The van der Waals surface area contributed by atoms with E-state index in [1.807, 2.05) is 91.9 Å². The van der Waals surface area contributed by atoms with E-state index < -0.39 is 5.41 Å². The molecule has 35 heavy (non-hydrogen) atoms. The van der Waals surface area contributed by atoms with Crippen LogP contribution in [0, 0.1) is 11.3 Å². The first-order valence-electron chi connectivity index (χ1n) is 11.4. The van der Waals surface area contributed by atoms with Crippen LogP contribution in [-0.2, 0) is 10.2 Å². The second-order valence-electron chi connectivity index (χ2n) is 8.41. The normalized spacial score (nSPS) is 18.3. The van der Waals surface area contributed by atoms with E-state index in [9.17, 15) is 10.1 Å². The summed E-state index contributed by atoms with van der Waals surface area (Å²) < 4.78 is 7.76. The Labute approximate surface area is 202 Å². The molecular formula is C28H21N5O2. The van der Waals surface area contributed by atoms with Gasteiger partial charge in [-0.3, -0.25) is 4.79 Å². The van der Waals surface area contributed by atoms with Crippen molar-refractivity contribution in [1.82, 2.24) is 9.78 Å². The number of likely N-dealkylation sites (N-methyl/N-ethyl adjacent to an activating group) is 1. The highest BCUT2D eigenvalue weighted by Crippen LogP contribution is 2.57. The van der Waals surface area contributed by atoms with Gasteiger partial charge in [-0.05, 0) is 25.1 Å². The van der Waals surface area contributed by atoms with Gasteiger partial charge in [-0.15, -0.1) is 0 Å². The molecule has 1 amide bonds. The van der Waals surface area contributed by atoms with E-state index in [0.29, 0.717) is 29.2 Å². The van der Waals surface area contributed by atoms with Crippen LogP contribution in [0.2, 0.25) is 0 Å². The molecule has 0 fully saturated rings. The van der Waals surface area contributed by atoms with E-state index >= 15 is 0 Å². The summed E-state index contributed by atoms with van der Waals surface area (Å²) in [5.74, 6) is -0.0134. The lowest BCUT2D eigenvalue weighted by Crippen LogP contribution is -2.46. The first kappa shape index (κ1) is 20.8. The van der Waals surface area contributed by atoms with Crippen molar-refractivity contribution in [3.05, 3.63) is 108 Å². The van der Waals surface area contributed by atoms with Gasteiger partial charge < -0.3 is 15.4 Å². The van der Waals surface area contributed by atoms with Crippen molar-refractivity contribution in [2.45, 2.75) is 12.3 Å². The topological polar surface area (TPSA) is 97.2 Å². The molecule has 2 aliphatic heterocycles. The van der Waals surface area contributed by atoms with Crippen molar-refractivity contribution >= 4 is 11.6 Å². The van der Waals surface area contributed by atoms with E-state index in [-0.39, 0.29) is 17.4 Å². The third kappa shape index (κ3) is 2.65. The third-order valence-corrected chi connectivity index (χ3v) is 6.69. The Balaban J connectivity index is 1.79. The third-order valence-electron chi connectivity index (χ3n) is 6.69. The van der Waals surface area contributed by atoms with E-state index in [2.05, 4.69) is 6.07 Å². The van der Waals surface area contributed by atoms with Crippen molar-refractivity contribution in [2.24, 2.45) is 5.73 Å². The summed E-state index contributed by atoms with van der Waals surface area (Å²) in [6.45, 7) is 2.36. The van der Waals surface area contributed by atoms with Crippen molar-refractivity contribution < 1.29 is 9.53 Å². The molecule has 0 unspecified atom stereocenters. The zero-order valence-electron chi connectivity index (χ0n) is 19.0. The Morgan fingerprint density at radius 3 is 2.34 bits per heavy atom. The van der Waals surface area contributed by atoms with Crippen LogP contribution in [0.5, 0.6) is 5.88 Å². The zero-order chi connectivity index (χ0) is 24.2. The number of nitriles is 1. The number of para-hydroxylation sites is 2. The molecule has 7 nitrogen and oxygen atoms in total. The molecule has 0 saturated carbocycles. The fourth-order valence-corrected chi connectivity index (χ4v) is 5.23. The van der Waals surface area contributed by atoms with Gasteiger partial charge in [-0.2, -0.15) is 15.0 Å². The maximum Gasteiger partial charge on any atom is 0.247 e. The van der Waals surface area contributed by atoms with Crippen LogP contribution < -0.4 is 15.4 Å². The number of ether oxygens (including phenoxy) is 1. The van der Waals surface area contributed by atoms with Gasteiger partial charge in [-0.1, -0.05) is 66.7 Å². The highest BCUT2D eigenvalue weighted by atomic mass is 16.5. The molecule has 0 radical (unpaired) electrons. The quantitative estimate of drug-likeness (QED) is 0.493. The number of rotatable bonds is 3. The van der Waals surface area contributed by atoms with Gasteiger partial charge >= 0.3 is 0 Å². The summed E-state index contributed by atoms with van der Waals surface area (Å²) in [6, 6.07) is 28.9. The number of carbonyl (C=O) groups excluding carboxylic acids is 1. The lowest BCUT2D eigenvalue weighted by atomic mass is 9.68. The van der Waals surface area contributed by atoms with E-state index in [4.69, 9.17) is 15.6 Å². The average Bonchev–Trinajstić information content (AvgIpc) is 3.39. The van der Waals surface area contributed by atoms with E-state index in [1.165, 1.54) is 0 Å². The minimum absolute atomic E-state index is 0.0724. The molecule has 2 aliphatic rings. The summed E-state index contributed by atoms with van der Waals surface area (Å²) in [7, 11) is 0. The lowest BCUT2D eigenvalue weighted by molar-refractivity contribution is -0.120. The molecule has 170 valence electrons. The number of fused-ring (bicyclic) bond motifs is 4. The Hall–Kier alpha value is -4.83. The second kappa shape index (κ2) is 7.61. The Kier molecular flexibility index (Phi) is 4.51. The largest absolute Gasteiger partial charge is 0.422 e. The van der Waals surface area contributed by atoms with Crippen LogP contribution in [0.15, 0.2) is 96.4 Å². The SMILES string of the molecule is CCN1C(=O)[C@]2(C(C#N)=C(N)Oc3c2c(-c2ccccc2)nn3-c2ccccc2)c2ccccc21. The Morgan fingerprint density at radius 1 is 1.00 bits per heavy atom. The fourth-order valence-electron chi connectivity index (χ4n) is 5.23. The number of hydrogen-bond acceptors (Lipinski definition) is 5. The number of nitrogens with two attached hydrogens (primary N) is 1. The minimum atomic E-state index is -1.47. The lowest BCUT2D eigenvalue weighted by Gasteiger charge is -2.33. The maximum absolute atomic E-state index is 14.4. The molecule has 0 aliphatic carbocycles. The van der Waals surface area contributed by atoms with Crippen molar-refractivity contribution in [1.29, 1.82) is 5.26 Å². The van der Waals surface area contributed by atoms with E-state index in [1.54, 1.807) is 9.58 Å². The van der Waals surface area contributed by atoms with Crippen molar-refractivity contribution in [2.75, 3.05) is 11.4 Å². The van der Waals surface area contributed by atoms with Gasteiger partial charge in [0.05, 0.1) is 11.3 Å². The number of carbonyl (C=O) groups is 1. The monoisotopic (exact) mass is 459 g/mol. The standard InChI is InChI=1S/C28H21N5O2/c1-2-32-22-16-10-9-15-20(22)28(27(32)34)21(17-29)25(30)35-26-23(28)24(18-11-5-3-6-12-18)31-33(26)19-13-7-4-8-14-19/h3-16H,2,30H2,1H3/t28-/m0/s1. The molecule has 3 heterocycles. The molecule has 3 aromatic carbocycles. The molecule has 7 heteroatoms. The van der Waals surface area contributed by atoms with Gasteiger partial charge in [0.15, 0.2) is 0 Å². The molecule has 6 rings (SSSR count). The summed E-state index contributed by atoms with van der Waals surface area (Å²) in [4.78, 5) is 16.1. The maximum atomic E-state index is 14.4. The molecule has 1 atom stereocenters. The molecule has 1 aromatic heterocycles. The van der Waals surface area contributed by atoms with Gasteiger partial charge in [0.25, 0.3) is 0 Å². The van der Waals surface area contributed by atoms with Crippen LogP contribution in [0.4, 0.5) is 5.69 Å². The zero-order valence-corrected chi connectivity index (χ0v) is 19.0. The molecular weight excluding hydrogens is 438 g/mol. The predicted octanol–water partition coefficient (Wildman–Crippen LogP) is 4.28. The Bertz CT molecular complexity index is 1550. The van der Waals surface area contributed by atoms with Gasteiger partial charge in [0.2, 0.25) is 17.7 Å². The predicted molar refractivity (Wildman–Crippen MR) is 132 cm³/mol. The molecule has 2 N–H and O–H groups in total. The van der Waals surface area contributed by atoms with Gasteiger partial charge in [0.1, 0.15) is 22.8 Å². The second-order valence-corrected chi connectivity index (χ2v) is 8.41. The summed E-state index contributed by atoms with van der Waals surface area (Å²) in [5.41, 5.74) is 9.06. The summed E-state index contributed by atoms with van der Waals surface area (Å²) in [5, 5.41) is 15.3. The van der Waals surface area contributed by atoms with Crippen LogP contribution >= 0.6 is 0 Å². The molecule has 4 aromatic rings. The minimum Gasteiger partial charge on any atom is -0.422 e. The molecule has 0 bridgehead atoms. The average molecular weight is 460 g/mol. The number of anilines is 1. The summed E-state index contributed by atoms with van der Waals surface area (Å²) >= 11 is 0. The molecule has 0 saturated heterocycles. The Morgan fingerprint density at radius 2 is 1.66 bits per heavy atom. The fraction of sp³-hybridized carbons (Fsp3) is 0.107. The number of amides is 1. The van der Waals surface area contributed by atoms with Gasteiger partial charge in [-0.25, -0.2) is 0 Å². The van der Waals surface area contributed by atoms with Crippen LogP contribution in [-0.4, -0.2) is 22.2 Å². The first-order chi connectivity index (χ1) is 17.1. The van der Waals surface area contributed by atoms with Crippen LogP contribution in [0.25, 0.3) is 16.9 Å². The van der Waals surface area contributed by atoms with Crippen molar-refractivity contribution in [3.8, 4) is 28.9 Å². The number of benzene rings is 3. The highest BCUT2D eigenvalue weighted by molar-refractivity contribution is 6.15. The van der Waals surface area contributed by atoms with Crippen molar-refractivity contribution in [3.63, 3.8) is 0 Å². The van der Waals surface area contributed by atoms with E-state index in [0.717, 1.165) is 16.9 Å². The summed E-state index contributed by atoms with van der Waals surface area (Å²) in [6.07, 6.45) is 0.